The fourth-order valence-electron chi connectivity index (χ4n) is 2.01. The Morgan fingerprint density at radius 1 is 1.29 bits per heavy atom. The number of fused-ring (bicyclic) bond motifs is 1. The molecule has 1 unspecified atom stereocenters. The van der Waals surface area contributed by atoms with E-state index in [4.69, 9.17) is 18.9 Å². The molecule has 14 heavy (non-hydrogen) atoms. The quantitative estimate of drug-likeness (QED) is 0.676. The molecule has 0 aromatic rings. The normalized spacial score (nSPS) is 47.8. The van der Waals surface area contributed by atoms with Crippen molar-refractivity contribution in [1.82, 2.24) is 0 Å². The number of methoxy groups -OCH3 is 1. The van der Waals surface area contributed by atoms with Gasteiger partial charge in [0.15, 0.2) is 12.6 Å². The van der Waals surface area contributed by atoms with Crippen molar-refractivity contribution in [3.05, 3.63) is 0 Å². The number of ether oxygens (including phenoxy) is 4. The molecule has 82 valence electrons. The van der Waals surface area contributed by atoms with Crippen LogP contribution in [0.15, 0.2) is 0 Å². The largest absolute Gasteiger partial charge is 0.379 e. The molecule has 0 aliphatic carbocycles. The molecule has 0 N–H and O–H groups in total. The van der Waals surface area contributed by atoms with Gasteiger partial charge in [-0.2, -0.15) is 0 Å². The van der Waals surface area contributed by atoms with Crippen molar-refractivity contribution in [2.24, 2.45) is 0 Å². The minimum Gasteiger partial charge on any atom is -0.379 e. The van der Waals surface area contributed by atoms with E-state index in [2.05, 4.69) is 0 Å². The monoisotopic (exact) mass is 202 g/mol. The molecule has 2 heterocycles. The van der Waals surface area contributed by atoms with Gasteiger partial charge in [-0.3, -0.25) is 0 Å². The number of hydrogen-bond acceptors (Lipinski definition) is 4. The topological polar surface area (TPSA) is 36.9 Å². The zero-order valence-corrected chi connectivity index (χ0v) is 8.93. The van der Waals surface area contributed by atoms with Crippen LogP contribution in [0.5, 0.6) is 0 Å². The first-order valence-electron chi connectivity index (χ1n) is 5.23. The first-order valence-corrected chi connectivity index (χ1v) is 5.23. The van der Waals surface area contributed by atoms with Crippen LogP contribution in [-0.4, -0.2) is 38.0 Å². The van der Waals surface area contributed by atoms with Gasteiger partial charge in [0.25, 0.3) is 0 Å². The zero-order valence-electron chi connectivity index (χ0n) is 8.93. The fraction of sp³-hybridized carbons (Fsp3) is 1.00. The summed E-state index contributed by atoms with van der Waals surface area (Å²) in [5.74, 6) is 0. The molecule has 0 radical (unpaired) electrons. The van der Waals surface area contributed by atoms with Crippen molar-refractivity contribution in [2.45, 2.75) is 57.6 Å². The molecule has 0 bridgehead atoms. The summed E-state index contributed by atoms with van der Waals surface area (Å²) in [6, 6.07) is 0. The van der Waals surface area contributed by atoms with Crippen molar-refractivity contribution < 1.29 is 18.9 Å². The molecule has 0 amide bonds. The van der Waals surface area contributed by atoms with Crippen LogP contribution in [0.2, 0.25) is 0 Å². The lowest BCUT2D eigenvalue weighted by Crippen LogP contribution is -2.45. The highest BCUT2D eigenvalue weighted by Gasteiger charge is 2.44. The van der Waals surface area contributed by atoms with Gasteiger partial charge in [0, 0.05) is 13.5 Å². The average molecular weight is 202 g/mol. The Morgan fingerprint density at radius 3 is 2.71 bits per heavy atom. The zero-order chi connectivity index (χ0) is 10.1. The van der Waals surface area contributed by atoms with E-state index in [-0.39, 0.29) is 30.9 Å². The minimum atomic E-state index is -0.193. The predicted octanol–water partition coefficient (Wildman–Crippen LogP) is 1.29. The fourth-order valence-corrected chi connectivity index (χ4v) is 2.01. The summed E-state index contributed by atoms with van der Waals surface area (Å²) in [5, 5.41) is 0. The van der Waals surface area contributed by atoms with Crippen LogP contribution in [0, 0.1) is 0 Å². The van der Waals surface area contributed by atoms with Crippen molar-refractivity contribution in [3.63, 3.8) is 0 Å². The van der Waals surface area contributed by atoms with E-state index in [9.17, 15) is 0 Å². The predicted molar refractivity (Wildman–Crippen MR) is 49.8 cm³/mol. The molecule has 2 aliphatic heterocycles. The van der Waals surface area contributed by atoms with E-state index < -0.39 is 0 Å². The molecule has 0 aromatic carbocycles. The molecule has 2 fully saturated rings. The average Bonchev–Trinajstić information content (AvgIpc) is 2.58. The third-order valence-electron chi connectivity index (χ3n) is 2.89. The molecule has 2 rings (SSSR count). The van der Waals surface area contributed by atoms with Crippen LogP contribution in [0.1, 0.15) is 26.7 Å². The summed E-state index contributed by atoms with van der Waals surface area (Å²) >= 11 is 0. The molecule has 5 atom stereocenters. The van der Waals surface area contributed by atoms with E-state index in [0.29, 0.717) is 0 Å². The second kappa shape index (κ2) is 4.14. The first kappa shape index (κ1) is 10.4. The van der Waals surface area contributed by atoms with Gasteiger partial charge in [0.1, 0.15) is 6.10 Å². The lowest BCUT2D eigenvalue weighted by atomic mass is 10.0. The van der Waals surface area contributed by atoms with E-state index >= 15 is 0 Å². The molecule has 0 spiro atoms. The molecule has 4 heteroatoms. The molecular weight excluding hydrogens is 184 g/mol. The third-order valence-corrected chi connectivity index (χ3v) is 2.89. The summed E-state index contributed by atoms with van der Waals surface area (Å²) in [7, 11) is 1.71. The Bertz CT molecular complexity index is 197. The Labute approximate surface area is 84.5 Å². The molecule has 0 saturated carbocycles. The Balaban J connectivity index is 1.96. The number of rotatable bonds is 2. The molecule has 2 aliphatic rings. The molecule has 0 aromatic heterocycles. The van der Waals surface area contributed by atoms with Crippen LogP contribution in [0.3, 0.4) is 0 Å². The van der Waals surface area contributed by atoms with Crippen LogP contribution < -0.4 is 0 Å². The maximum Gasteiger partial charge on any atom is 0.187 e. The molecule has 4 nitrogen and oxygen atoms in total. The standard InChI is InChI=1S/C10H18O4/c1-4-9-13-8-5-7(11-3)6(2)12-10(8)14-9/h6-10H,4-5H2,1-3H3/t6-,7+,8-,9?,10-/m1/s1. The second-order valence-corrected chi connectivity index (χ2v) is 3.87. The van der Waals surface area contributed by atoms with Crippen molar-refractivity contribution in [3.8, 4) is 0 Å². The van der Waals surface area contributed by atoms with Crippen LogP contribution in [0.4, 0.5) is 0 Å². The molecule has 2 saturated heterocycles. The Kier molecular flexibility index (Phi) is 3.07. The third kappa shape index (κ3) is 1.80. The number of hydrogen-bond donors (Lipinski definition) is 0. The summed E-state index contributed by atoms with van der Waals surface area (Å²) in [6.07, 6.45) is 1.67. The van der Waals surface area contributed by atoms with E-state index in [1.54, 1.807) is 7.11 Å². The van der Waals surface area contributed by atoms with Gasteiger partial charge in [-0.1, -0.05) is 6.92 Å². The van der Waals surface area contributed by atoms with Gasteiger partial charge in [-0.25, -0.2) is 0 Å². The lowest BCUT2D eigenvalue weighted by Gasteiger charge is -2.33. The smallest absolute Gasteiger partial charge is 0.187 e. The highest BCUT2D eigenvalue weighted by atomic mass is 16.8. The van der Waals surface area contributed by atoms with Gasteiger partial charge >= 0.3 is 0 Å². The van der Waals surface area contributed by atoms with Crippen LogP contribution in [0.25, 0.3) is 0 Å². The summed E-state index contributed by atoms with van der Waals surface area (Å²) in [5.41, 5.74) is 0. The van der Waals surface area contributed by atoms with Gasteiger partial charge in [0.05, 0.1) is 12.2 Å². The second-order valence-electron chi connectivity index (χ2n) is 3.87. The van der Waals surface area contributed by atoms with Crippen molar-refractivity contribution in [1.29, 1.82) is 0 Å². The van der Waals surface area contributed by atoms with Gasteiger partial charge in [0.2, 0.25) is 0 Å². The van der Waals surface area contributed by atoms with Crippen LogP contribution in [-0.2, 0) is 18.9 Å². The highest BCUT2D eigenvalue weighted by molar-refractivity contribution is 4.83. The first-order chi connectivity index (χ1) is 6.74. The Hall–Kier alpha value is -0.160. The highest BCUT2D eigenvalue weighted by Crippen LogP contribution is 2.32. The van der Waals surface area contributed by atoms with Crippen LogP contribution >= 0.6 is 0 Å². The SMILES string of the molecule is CCC1O[C@H]2O[C@H](C)[C@@H](OC)C[C@H]2O1. The Morgan fingerprint density at radius 2 is 2.07 bits per heavy atom. The van der Waals surface area contributed by atoms with Crippen molar-refractivity contribution >= 4 is 0 Å². The van der Waals surface area contributed by atoms with E-state index in [0.717, 1.165) is 12.8 Å². The molecular formula is C10H18O4. The van der Waals surface area contributed by atoms with Crippen molar-refractivity contribution in [2.75, 3.05) is 7.11 Å². The van der Waals surface area contributed by atoms with Gasteiger partial charge in [-0.15, -0.1) is 0 Å². The van der Waals surface area contributed by atoms with E-state index in [1.165, 1.54) is 0 Å². The lowest BCUT2D eigenvalue weighted by molar-refractivity contribution is -0.213. The van der Waals surface area contributed by atoms with Gasteiger partial charge < -0.3 is 18.9 Å². The summed E-state index contributed by atoms with van der Waals surface area (Å²) in [6.45, 7) is 4.05. The minimum absolute atomic E-state index is 0.0427. The summed E-state index contributed by atoms with van der Waals surface area (Å²) in [4.78, 5) is 0. The maximum absolute atomic E-state index is 5.67. The van der Waals surface area contributed by atoms with E-state index in [1.807, 2.05) is 13.8 Å². The maximum atomic E-state index is 5.67. The van der Waals surface area contributed by atoms with Gasteiger partial charge in [-0.05, 0) is 13.3 Å². The summed E-state index contributed by atoms with van der Waals surface area (Å²) < 4.78 is 22.2.